The third kappa shape index (κ3) is 3.51. The quantitative estimate of drug-likeness (QED) is 0.897. The predicted octanol–water partition coefficient (Wildman–Crippen LogP) is 2.35. The van der Waals surface area contributed by atoms with Gasteiger partial charge in [-0.05, 0) is 50.4 Å². The van der Waals surface area contributed by atoms with Gasteiger partial charge in [-0.3, -0.25) is 9.69 Å². The lowest BCUT2D eigenvalue weighted by atomic mass is 10.1. The molecule has 1 amide bonds. The SMILES string of the molecule is Cc1cc(C)c(NC(=O)CN2CCCC2CO)c(Cl)c1. The zero-order valence-corrected chi connectivity index (χ0v) is 12.7. The van der Waals surface area contributed by atoms with E-state index in [0.717, 1.165) is 30.5 Å². The molecule has 1 heterocycles. The van der Waals surface area contributed by atoms with Crippen molar-refractivity contribution in [1.82, 2.24) is 4.90 Å². The van der Waals surface area contributed by atoms with Crippen molar-refractivity contribution >= 4 is 23.2 Å². The normalized spacial score (nSPS) is 19.3. The maximum Gasteiger partial charge on any atom is 0.238 e. The van der Waals surface area contributed by atoms with Gasteiger partial charge in [0, 0.05) is 6.04 Å². The fourth-order valence-corrected chi connectivity index (χ4v) is 3.12. The minimum Gasteiger partial charge on any atom is -0.395 e. The van der Waals surface area contributed by atoms with Crippen molar-refractivity contribution in [1.29, 1.82) is 0 Å². The molecule has 1 unspecified atom stereocenters. The molecular weight excluding hydrogens is 276 g/mol. The van der Waals surface area contributed by atoms with E-state index in [2.05, 4.69) is 5.32 Å². The Morgan fingerprint density at radius 1 is 1.50 bits per heavy atom. The molecule has 0 saturated carbocycles. The van der Waals surface area contributed by atoms with Gasteiger partial charge in [-0.1, -0.05) is 17.7 Å². The van der Waals surface area contributed by atoms with Crippen LogP contribution >= 0.6 is 11.6 Å². The van der Waals surface area contributed by atoms with Gasteiger partial charge in [-0.15, -0.1) is 0 Å². The second-order valence-corrected chi connectivity index (χ2v) is 5.84. The standard InChI is InChI=1S/C15H21ClN2O2/c1-10-6-11(2)15(13(16)7-10)17-14(20)8-18-5-3-4-12(18)9-19/h6-7,12,19H,3-5,8-9H2,1-2H3,(H,17,20). The lowest BCUT2D eigenvalue weighted by Gasteiger charge is -2.22. The molecule has 1 aromatic carbocycles. The molecule has 2 rings (SSSR count). The van der Waals surface area contributed by atoms with Crippen LogP contribution in [0.15, 0.2) is 12.1 Å². The van der Waals surface area contributed by atoms with Gasteiger partial charge in [0.25, 0.3) is 0 Å². The lowest BCUT2D eigenvalue weighted by Crippen LogP contribution is -2.38. The number of benzene rings is 1. The zero-order valence-electron chi connectivity index (χ0n) is 11.9. The molecule has 4 nitrogen and oxygen atoms in total. The van der Waals surface area contributed by atoms with Crippen molar-refractivity contribution in [2.24, 2.45) is 0 Å². The Labute approximate surface area is 124 Å². The van der Waals surface area contributed by atoms with Crippen LogP contribution in [0.1, 0.15) is 24.0 Å². The second kappa shape index (κ2) is 6.57. The number of nitrogens with one attached hydrogen (secondary N) is 1. The fraction of sp³-hybridized carbons (Fsp3) is 0.533. The van der Waals surface area contributed by atoms with Crippen LogP contribution in [0.25, 0.3) is 0 Å². The summed E-state index contributed by atoms with van der Waals surface area (Å²) in [5.41, 5.74) is 2.72. The van der Waals surface area contributed by atoms with Crippen LogP contribution in [0.5, 0.6) is 0 Å². The smallest absolute Gasteiger partial charge is 0.238 e. The Balaban J connectivity index is 2.01. The molecule has 1 aromatic rings. The van der Waals surface area contributed by atoms with Crippen LogP contribution in [0, 0.1) is 13.8 Å². The van der Waals surface area contributed by atoms with E-state index >= 15 is 0 Å². The Morgan fingerprint density at radius 3 is 2.90 bits per heavy atom. The van der Waals surface area contributed by atoms with Crippen LogP contribution in [-0.2, 0) is 4.79 Å². The molecule has 110 valence electrons. The number of carbonyl (C=O) groups is 1. The molecule has 1 fully saturated rings. The molecule has 0 spiro atoms. The van der Waals surface area contributed by atoms with Crippen molar-refractivity contribution in [3.63, 3.8) is 0 Å². The second-order valence-electron chi connectivity index (χ2n) is 5.44. The third-order valence-corrected chi connectivity index (χ3v) is 4.05. The van der Waals surface area contributed by atoms with E-state index in [0.29, 0.717) is 17.3 Å². The van der Waals surface area contributed by atoms with E-state index in [1.54, 1.807) is 0 Å². The maximum absolute atomic E-state index is 12.1. The van der Waals surface area contributed by atoms with Gasteiger partial charge >= 0.3 is 0 Å². The lowest BCUT2D eigenvalue weighted by molar-refractivity contribution is -0.117. The van der Waals surface area contributed by atoms with Crippen LogP contribution in [0.4, 0.5) is 5.69 Å². The van der Waals surface area contributed by atoms with Crippen LogP contribution in [0.3, 0.4) is 0 Å². The Morgan fingerprint density at radius 2 is 2.25 bits per heavy atom. The summed E-state index contributed by atoms with van der Waals surface area (Å²) >= 11 is 6.18. The van der Waals surface area contributed by atoms with Crippen molar-refractivity contribution in [3.05, 3.63) is 28.3 Å². The Kier molecular flexibility index (Phi) is 5.02. The molecule has 5 heteroatoms. The van der Waals surface area contributed by atoms with Crippen molar-refractivity contribution in [3.8, 4) is 0 Å². The summed E-state index contributed by atoms with van der Waals surface area (Å²) in [5.74, 6) is -0.0841. The summed E-state index contributed by atoms with van der Waals surface area (Å²) < 4.78 is 0. The van der Waals surface area contributed by atoms with Gasteiger partial charge in [0.05, 0.1) is 23.9 Å². The first kappa shape index (κ1) is 15.3. The van der Waals surface area contributed by atoms with Gasteiger partial charge in [0.1, 0.15) is 0 Å². The van der Waals surface area contributed by atoms with Gasteiger partial charge < -0.3 is 10.4 Å². The summed E-state index contributed by atoms with van der Waals surface area (Å²) in [6.07, 6.45) is 1.98. The van der Waals surface area contributed by atoms with Crippen LogP contribution < -0.4 is 5.32 Å². The van der Waals surface area contributed by atoms with Gasteiger partial charge in [0.2, 0.25) is 5.91 Å². The van der Waals surface area contributed by atoms with E-state index in [9.17, 15) is 9.90 Å². The monoisotopic (exact) mass is 296 g/mol. The minimum atomic E-state index is -0.0841. The topological polar surface area (TPSA) is 52.6 Å². The molecule has 1 aliphatic rings. The van der Waals surface area contributed by atoms with Crippen molar-refractivity contribution in [2.75, 3.05) is 25.0 Å². The van der Waals surface area contributed by atoms with E-state index in [1.165, 1.54) is 0 Å². The summed E-state index contributed by atoms with van der Waals surface area (Å²) in [7, 11) is 0. The van der Waals surface area contributed by atoms with Crippen molar-refractivity contribution in [2.45, 2.75) is 32.7 Å². The van der Waals surface area contributed by atoms with E-state index in [1.807, 2.05) is 30.9 Å². The Bertz CT molecular complexity index is 482. The highest BCUT2D eigenvalue weighted by molar-refractivity contribution is 6.34. The average molecular weight is 297 g/mol. The molecule has 20 heavy (non-hydrogen) atoms. The number of hydrogen-bond donors (Lipinski definition) is 2. The molecule has 1 atom stereocenters. The summed E-state index contributed by atoms with van der Waals surface area (Å²) in [5, 5.41) is 12.7. The summed E-state index contributed by atoms with van der Waals surface area (Å²) in [6, 6.07) is 3.94. The van der Waals surface area contributed by atoms with Crippen LogP contribution in [0.2, 0.25) is 5.02 Å². The summed E-state index contributed by atoms with van der Waals surface area (Å²) in [6.45, 7) is 5.17. The molecule has 0 aromatic heterocycles. The molecular formula is C15H21ClN2O2. The number of halogens is 1. The highest BCUT2D eigenvalue weighted by Gasteiger charge is 2.25. The first-order valence-electron chi connectivity index (χ1n) is 6.92. The molecule has 1 saturated heterocycles. The number of likely N-dealkylation sites (tertiary alicyclic amines) is 1. The largest absolute Gasteiger partial charge is 0.395 e. The highest BCUT2D eigenvalue weighted by Crippen LogP contribution is 2.27. The number of hydrogen-bond acceptors (Lipinski definition) is 3. The first-order valence-corrected chi connectivity index (χ1v) is 7.30. The number of aliphatic hydroxyl groups excluding tert-OH is 1. The van der Waals surface area contributed by atoms with Crippen LogP contribution in [-0.4, -0.2) is 41.7 Å². The molecule has 0 bridgehead atoms. The van der Waals surface area contributed by atoms with E-state index < -0.39 is 0 Å². The predicted molar refractivity (Wildman–Crippen MR) is 81.2 cm³/mol. The van der Waals surface area contributed by atoms with E-state index in [4.69, 9.17) is 11.6 Å². The number of rotatable bonds is 4. The summed E-state index contributed by atoms with van der Waals surface area (Å²) in [4.78, 5) is 14.1. The number of carbonyl (C=O) groups excluding carboxylic acids is 1. The maximum atomic E-state index is 12.1. The van der Waals surface area contributed by atoms with E-state index in [-0.39, 0.29) is 18.6 Å². The minimum absolute atomic E-state index is 0.0841. The highest BCUT2D eigenvalue weighted by atomic mass is 35.5. The molecule has 0 aliphatic carbocycles. The average Bonchev–Trinajstić information content (AvgIpc) is 2.81. The molecule has 2 N–H and O–H groups in total. The number of nitrogens with zero attached hydrogens (tertiary/aromatic N) is 1. The van der Waals surface area contributed by atoms with Gasteiger partial charge in [-0.2, -0.15) is 0 Å². The number of amides is 1. The van der Waals surface area contributed by atoms with Gasteiger partial charge in [-0.25, -0.2) is 0 Å². The van der Waals surface area contributed by atoms with Crippen molar-refractivity contribution < 1.29 is 9.90 Å². The zero-order chi connectivity index (χ0) is 14.7. The molecule has 0 radical (unpaired) electrons. The number of anilines is 1. The first-order chi connectivity index (χ1) is 9.51. The third-order valence-electron chi connectivity index (χ3n) is 3.75. The Hall–Kier alpha value is -1.10. The van der Waals surface area contributed by atoms with Gasteiger partial charge in [0.15, 0.2) is 0 Å². The number of aliphatic hydroxyl groups is 1. The fourth-order valence-electron chi connectivity index (χ4n) is 2.75. The molecule has 1 aliphatic heterocycles. The number of aryl methyl sites for hydroxylation is 2.